The molecule has 0 spiro atoms. The Morgan fingerprint density at radius 1 is 1.41 bits per heavy atom. The average molecular weight is 262 g/mol. The van der Waals surface area contributed by atoms with Crippen molar-refractivity contribution in [1.29, 1.82) is 0 Å². The summed E-state index contributed by atoms with van der Waals surface area (Å²) in [5.41, 5.74) is 0. The molecule has 2 amide bonds. The molecular formula is C10H18N2O4S. The van der Waals surface area contributed by atoms with Crippen LogP contribution in [0, 0.1) is 0 Å². The smallest absolute Gasteiger partial charge is 0.328 e. The van der Waals surface area contributed by atoms with Crippen molar-refractivity contribution in [3.05, 3.63) is 0 Å². The summed E-state index contributed by atoms with van der Waals surface area (Å²) in [7, 11) is 0. The Kier molecular flexibility index (Phi) is 6.13. The fourth-order valence-corrected chi connectivity index (χ4v) is 2.81. The molecule has 7 heteroatoms. The van der Waals surface area contributed by atoms with Crippen LogP contribution in [0.3, 0.4) is 0 Å². The van der Waals surface area contributed by atoms with Gasteiger partial charge in [-0.3, -0.25) is 0 Å². The highest BCUT2D eigenvalue weighted by atomic mass is 32.2. The quantitative estimate of drug-likeness (QED) is 0.560. The maximum atomic E-state index is 11.4. The first-order valence-electron chi connectivity index (χ1n) is 5.63. The van der Waals surface area contributed by atoms with Crippen molar-refractivity contribution in [2.75, 3.05) is 18.9 Å². The van der Waals surface area contributed by atoms with Crippen molar-refractivity contribution < 1.29 is 19.8 Å². The number of carboxylic acids is 1. The van der Waals surface area contributed by atoms with Gasteiger partial charge in [0.05, 0.1) is 6.61 Å². The largest absolute Gasteiger partial charge is 0.480 e. The molecule has 2 unspecified atom stereocenters. The van der Waals surface area contributed by atoms with E-state index in [1.807, 2.05) is 11.8 Å². The van der Waals surface area contributed by atoms with E-state index in [9.17, 15) is 9.59 Å². The number of carbonyl (C=O) groups excluding carboxylic acids is 1. The van der Waals surface area contributed by atoms with Crippen LogP contribution in [0.25, 0.3) is 0 Å². The molecule has 1 fully saturated rings. The summed E-state index contributed by atoms with van der Waals surface area (Å²) in [6.07, 6.45) is 3.47. The Hall–Kier alpha value is -0.950. The number of hydrogen-bond donors (Lipinski definition) is 4. The molecule has 1 heterocycles. The summed E-state index contributed by atoms with van der Waals surface area (Å²) in [5, 5.41) is 22.6. The number of carboxylic acid groups (broad SMARTS) is 1. The van der Waals surface area contributed by atoms with E-state index >= 15 is 0 Å². The lowest BCUT2D eigenvalue weighted by molar-refractivity contribution is -0.140. The minimum absolute atomic E-state index is 0.409. The fraction of sp³-hybridized carbons (Fsp3) is 0.800. The minimum Gasteiger partial charge on any atom is -0.480 e. The number of urea groups is 1. The summed E-state index contributed by atoms with van der Waals surface area (Å²) < 4.78 is 0. The molecule has 1 rings (SSSR count). The first-order chi connectivity index (χ1) is 8.13. The van der Waals surface area contributed by atoms with Gasteiger partial charge in [0.15, 0.2) is 6.04 Å². The average Bonchev–Trinajstić information content (AvgIpc) is 2.34. The number of hydrogen-bond acceptors (Lipinski definition) is 4. The van der Waals surface area contributed by atoms with E-state index in [-0.39, 0.29) is 0 Å². The SMILES string of the molecule is O=C(NCC1CCCCS1)NC(CO)C(=O)O. The molecule has 2 atom stereocenters. The highest BCUT2D eigenvalue weighted by Gasteiger charge is 2.19. The molecule has 0 bridgehead atoms. The van der Waals surface area contributed by atoms with Gasteiger partial charge in [0, 0.05) is 11.8 Å². The Morgan fingerprint density at radius 2 is 2.18 bits per heavy atom. The molecule has 0 aromatic heterocycles. The molecule has 6 nitrogen and oxygen atoms in total. The van der Waals surface area contributed by atoms with Crippen LogP contribution in [0.15, 0.2) is 0 Å². The molecule has 0 aromatic carbocycles. The first kappa shape index (κ1) is 14.1. The summed E-state index contributed by atoms with van der Waals surface area (Å²) >= 11 is 1.83. The Bertz CT molecular complexity index is 269. The Labute approximate surface area is 104 Å². The predicted molar refractivity (Wildman–Crippen MR) is 65.1 cm³/mol. The molecule has 0 aromatic rings. The molecule has 4 N–H and O–H groups in total. The van der Waals surface area contributed by atoms with Crippen molar-refractivity contribution in [2.45, 2.75) is 30.6 Å². The van der Waals surface area contributed by atoms with Crippen LogP contribution in [-0.2, 0) is 4.79 Å². The van der Waals surface area contributed by atoms with Crippen LogP contribution in [-0.4, -0.2) is 52.4 Å². The van der Waals surface area contributed by atoms with Crippen LogP contribution in [0.1, 0.15) is 19.3 Å². The van der Waals surface area contributed by atoms with Crippen LogP contribution in [0.5, 0.6) is 0 Å². The van der Waals surface area contributed by atoms with Crippen molar-refractivity contribution in [3.63, 3.8) is 0 Å². The van der Waals surface area contributed by atoms with Gasteiger partial charge in [-0.15, -0.1) is 0 Å². The molecule has 0 radical (unpaired) electrons. The standard InChI is InChI=1S/C10H18N2O4S/c13-6-8(9(14)15)12-10(16)11-5-7-3-1-2-4-17-7/h7-8,13H,1-6H2,(H,14,15)(H2,11,12,16). The number of aliphatic hydroxyl groups excluding tert-OH is 1. The number of thioether (sulfide) groups is 1. The lowest BCUT2D eigenvalue weighted by Crippen LogP contribution is -2.49. The van der Waals surface area contributed by atoms with Crippen molar-refractivity contribution >= 4 is 23.8 Å². The molecule has 1 aliphatic rings. The topological polar surface area (TPSA) is 98.7 Å². The van der Waals surface area contributed by atoms with Gasteiger partial charge in [-0.05, 0) is 18.6 Å². The highest BCUT2D eigenvalue weighted by Crippen LogP contribution is 2.24. The van der Waals surface area contributed by atoms with Gasteiger partial charge < -0.3 is 20.8 Å². The monoisotopic (exact) mass is 262 g/mol. The molecule has 0 aliphatic carbocycles. The third-order valence-electron chi connectivity index (χ3n) is 2.55. The normalized spacial score (nSPS) is 21.6. The number of rotatable bonds is 5. The number of nitrogens with one attached hydrogen (secondary N) is 2. The van der Waals surface area contributed by atoms with Gasteiger partial charge in [0.2, 0.25) is 0 Å². The van der Waals surface area contributed by atoms with Gasteiger partial charge in [0.1, 0.15) is 0 Å². The molecule has 1 aliphatic heterocycles. The van der Waals surface area contributed by atoms with E-state index in [1.165, 1.54) is 12.8 Å². The van der Waals surface area contributed by atoms with E-state index in [1.54, 1.807) is 0 Å². The third-order valence-corrected chi connectivity index (χ3v) is 3.95. The van der Waals surface area contributed by atoms with Gasteiger partial charge in [-0.25, -0.2) is 9.59 Å². The fourth-order valence-electron chi connectivity index (χ4n) is 1.57. The van der Waals surface area contributed by atoms with Crippen molar-refractivity contribution in [3.8, 4) is 0 Å². The summed E-state index contributed by atoms with van der Waals surface area (Å²) in [4.78, 5) is 21.9. The number of aliphatic carboxylic acids is 1. The summed E-state index contributed by atoms with van der Waals surface area (Å²) in [5.74, 6) is -0.128. The highest BCUT2D eigenvalue weighted by molar-refractivity contribution is 7.99. The van der Waals surface area contributed by atoms with Gasteiger partial charge in [-0.2, -0.15) is 11.8 Å². The summed E-state index contributed by atoms with van der Waals surface area (Å²) in [6, 6.07) is -1.79. The zero-order valence-electron chi connectivity index (χ0n) is 9.52. The van der Waals surface area contributed by atoms with Gasteiger partial charge in [0.25, 0.3) is 0 Å². The van der Waals surface area contributed by atoms with Crippen LogP contribution < -0.4 is 10.6 Å². The van der Waals surface area contributed by atoms with E-state index in [2.05, 4.69) is 10.6 Å². The second-order valence-electron chi connectivity index (χ2n) is 3.92. The van der Waals surface area contributed by atoms with E-state index in [4.69, 9.17) is 10.2 Å². The number of aliphatic hydroxyl groups is 1. The minimum atomic E-state index is -1.24. The summed E-state index contributed by atoms with van der Waals surface area (Å²) in [6.45, 7) is -0.0742. The zero-order valence-corrected chi connectivity index (χ0v) is 10.3. The molecule has 17 heavy (non-hydrogen) atoms. The molecule has 0 saturated carbocycles. The molecular weight excluding hydrogens is 244 g/mol. The predicted octanol–water partition coefficient (Wildman–Crippen LogP) is 0.0168. The maximum Gasteiger partial charge on any atom is 0.328 e. The van der Waals surface area contributed by atoms with E-state index in [0.717, 1.165) is 12.2 Å². The van der Waals surface area contributed by atoms with E-state index in [0.29, 0.717) is 11.8 Å². The van der Waals surface area contributed by atoms with Gasteiger partial charge >= 0.3 is 12.0 Å². The Balaban J connectivity index is 2.21. The molecule has 1 saturated heterocycles. The maximum absolute atomic E-state index is 11.4. The first-order valence-corrected chi connectivity index (χ1v) is 6.68. The Morgan fingerprint density at radius 3 is 2.71 bits per heavy atom. The second-order valence-corrected chi connectivity index (χ2v) is 5.32. The van der Waals surface area contributed by atoms with Crippen LogP contribution in [0.4, 0.5) is 4.79 Å². The van der Waals surface area contributed by atoms with Crippen molar-refractivity contribution in [1.82, 2.24) is 10.6 Å². The second kappa shape index (κ2) is 7.39. The van der Waals surface area contributed by atoms with E-state index < -0.39 is 24.6 Å². The van der Waals surface area contributed by atoms with Crippen LogP contribution in [0.2, 0.25) is 0 Å². The lowest BCUT2D eigenvalue weighted by Gasteiger charge is -2.22. The lowest BCUT2D eigenvalue weighted by atomic mass is 10.2. The molecule has 98 valence electrons. The van der Waals surface area contributed by atoms with Gasteiger partial charge in [-0.1, -0.05) is 6.42 Å². The third kappa shape index (κ3) is 5.27. The zero-order chi connectivity index (χ0) is 12.7. The number of carbonyl (C=O) groups is 2. The van der Waals surface area contributed by atoms with Crippen molar-refractivity contribution in [2.24, 2.45) is 0 Å². The van der Waals surface area contributed by atoms with Crippen LogP contribution >= 0.6 is 11.8 Å². The number of amides is 2.